The summed E-state index contributed by atoms with van der Waals surface area (Å²) in [7, 11) is 0. The van der Waals surface area contributed by atoms with Gasteiger partial charge in [-0.25, -0.2) is 4.98 Å². The van der Waals surface area contributed by atoms with E-state index in [2.05, 4.69) is 15.6 Å². The van der Waals surface area contributed by atoms with Gasteiger partial charge in [0.25, 0.3) is 0 Å². The first-order valence-electron chi connectivity index (χ1n) is 6.64. The molecule has 20 heavy (non-hydrogen) atoms. The summed E-state index contributed by atoms with van der Waals surface area (Å²) in [5, 5.41) is 5.78. The minimum absolute atomic E-state index is 0.229. The summed E-state index contributed by atoms with van der Waals surface area (Å²) in [5.74, 6) is 0.795. The topological polar surface area (TPSA) is 46.2 Å². The van der Waals surface area contributed by atoms with E-state index in [1.165, 1.54) is 0 Å². The van der Waals surface area contributed by atoms with E-state index in [0.29, 0.717) is 32.2 Å². The van der Waals surface area contributed by atoms with E-state index in [4.69, 9.17) is 4.74 Å². The molecule has 2 rings (SSSR count). The first-order valence-corrected chi connectivity index (χ1v) is 6.64. The van der Waals surface area contributed by atoms with E-state index in [-0.39, 0.29) is 11.6 Å². The fraction of sp³-hybridized carbons (Fsp3) is 0.615. The summed E-state index contributed by atoms with van der Waals surface area (Å²) in [5.41, 5.74) is -0.700. The van der Waals surface area contributed by atoms with Gasteiger partial charge in [0.05, 0.1) is 12.2 Å². The summed E-state index contributed by atoms with van der Waals surface area (Å²) in [6, 6.07) is 2.06. The zero-order valence-electron chi connectivity index (χ0n) is 11.3. The first kappa shape index (κ1) is 14.9. The van der Waals surface area contributed by atoms with Crippen LogP contribution in [0, 0.1) is 5.92 Å². The van der Waals surface area contributed by atoms with E-state index in [0.717, 1.165) is 18.6 Å². The van der Waals surface area contributed by atoms with E-state index in [1.54, 1.807) is 0 Å². The van der Waals surface area contributed by atoms with Crippen molar-refractivity contribution in [3.8, 4) is 0 Å². The molecule has 1 fully saturated rings. The number of pyridine rings is 1. The van der Waals surface area contributed by atoms with Gasteiger partial charge < -0.3 is 15.4 Å². The molecule has 0 aromatic carbocycles. The molecular formula is C13H18F3N3O. The Morgan fingerprint density at radius 2 is 2.00 bits per heavy atom. The summed E-state index contributed by atoms with van der Waals surface area (Å²) in [6.07, 6.45) is -3.45. The van der Waals surface area contributed by atoms with Crippen molar-refractivity contribution in [3.05, 3.63) is 17.7 Å². The molecule has 0 bridgehead atoms. The van der Waals surface area contributed by atoms with Gasteiger partial charge in [0, 0.05) is 25.6 Å². The van der Waals surface area contributed by atoms with Crippen molar-refractivity contribution >= 4 is 11.6 Å². The molecule has 0 spiro atoms. The summed E-state index contributed by atoms with van der Waals surface area (Å²) in [4.78, 5) is 4.13. The standard InChI is InChI=1S/C13H18F3N3O/c1-2-17-11-5-10(13(14,15)16)6-12(19-11)18-7-9-3-4-20-8-9/h5-6,9H,2-4,7-8H2,1H3,(H2,17,18,19). The lowest BCUT2D eigenvalue weighted by Crippen LogP contribution is -2.16. The minimum Gasteiger partial charge on any atom is -0.381 e. The average Bonchev–Trinajstić information content (AvgIpc) is 2.88. The van der Waals surface area contributed by atoms with E-state index in [9.17, 15) is 13.2 Å². The fourth-order valence-electron chi connectivity index (χ4n) is 2.05. The lowest BCUT2D eigenvalue weighted by Gasteiger charge is -2.14. The number of hydrogen-bond acceptors (Lipinski definition) is 4. The number of nitrogens with one attached hydrogen (secondary N) is 2. The van der Waals surface area contributed by atoms with Gasteiger partial charge in [-0.1, -0.05) is 0 Å². The molecule has 4 nitrogen and oxygen atoms in total. The SMILES string of the molecule is CCNc1cc(C(F)(F)F)cc(NCC2CCOC2)n1. The lowest BCUT2D eigenvalue weighted by atomic mass is 10.1. The maximum Gasteiger partial charge on any atom is 0.416 e. The van der Waals surface area contributed by atoms with Crippen LogP contribution in [0.25, 0.3) is 0 Å². The number of ether oxygens (including phenoxy) is 1. The average molecular weight is 289 g/mol. The van der Waals surface area contributed by atoms with Crippen LogP contribution in [-0.2, 0) is 10.9 Å². The van der Waals surface area contributed by atoms with Gasteiger partial charge >= 0.3 is 6.18 Å². The molecular weight excluding hydrogens is 271 g/mol. The summed E-state index contributed by atoms with van der Waals surface area (Å²) >= 11 is 0. The van der Waals surface area contributed by atoms with Crippen LogP contribution < -0.4 is 10.6 Å². The second-order valence-corrected chi connectivity index (χ2v) is 4.76. The molecule has 0 saturated carbocycles. The van der Waals surface area contributed by atoms with E-state index < -0.39 is 11.7 Å². The molecule has 112 valence electrons. The Hall–Kier alpha value is -1.50. The highest BCUT2D eigenvalue weighted by Crippen LogP contribution is 2.32. The van der Waals surface area contributed by atoms with Crippen LogP contribution in [0.2, 0.25) is 0 Å². The smallest absolute Gasteiger partial charge is 0.381 e. The first-order chi connectivity index (χ1) is 9.49. The highest BCUT2D eigenvalue weighted by Gasteiger charge is 2.31. The molecule has 1 aromatic heterocycles. The van der Waals surface area contributed by atoms with Crippen molar-refractivity contribution in [3.63, 3.8) is 0 Å². The molecule has 2 N–H and O–H groups in total. The van der Waals surface area contributed by atoms with Gasteiger partial charge in [0.15, 0.2) is 0 Å². The highest BCUT2D eigenvalue weighted by atomic mass is 19.4. The monoisotopic (exact) mass is 289 g/mol. The zero-order valence-corrected chi connectivity index (χ0v) is 11.3. The van der Waals surface area contributed by atoms with Crippen LogP contribution in [0.1, 0.15) is 18.9 Å². The number of nitrogens with zero attached hydrogens (tertiary/aromatic N) is 1. The Balaban J connectivity index is 2.11. The largest absolute Gasteiger partial charge is 0.416 e. The number of alkyl halides is 3. The van der Waals surface area contributed by atoms with Crippen molar-refractivity contribution < 1.29 is 17.9 Å². The van der Waals surface area contributed by atoms with Gasteiger partial charge in [-0.05, 0) is 25.5 Å². The van der Waals surface area contributed by atoms with Crippen LogP contribution in [0.15, 0.2) is 12.1 Å². The van der Waals surface area contributed by atoms with Crippen LogP contribution in [0.3, 0.4) is 0 Å². The third-order valence-corrected chi connectivity index (χ3v) is 3.11. The highest BCUT2D eigenvalue weighted by molar-refractivity contribution is 5.49. The Morgan fingerprint density at radius 1 is 1.30 bits per heavy atom. The van der Waals surface area contributed by atoms with E-state index in [1.807, 2.05) is 6.92 Å². The molecule has 1 aromatic rings. The fourth-order valence-corrected chi connectivity index (χ4v) is 2.05. The van der Waals surface area contributed by atoms with Crippen LogP contribution in [0.4, 0.5) is 24.8 Å². The summed E-state index contributed by atoms with van der Waals surface area (Å²) in [6.45, 7) is 4.26. The molecule has 1 aliphatic heterocycles. The van der Waals surface area contributed by atoms with Crippen molar-refractivity contribution in [2.24, 2.45) is 5.92 Å². The Labute approximate surface area is 115 Å². The van der Waals surface area contributed by atoms with Crippen LogP contribution in [0.5, 0.6) is 0 Å². The number of anilines is 2. The molecule has 7 heteroatoms. The van der Waals surface area contributed by atoms with Gasteiger partial charge in [-0.2, -0.15) is 13.2 Å². The van der Waals surface area contributed by atoms with Gasteiger partial charge in [-0.15, -0.1) is 0 Å². The third kappa shape index (κ3) is 4.00. The quantitative estimate of drug-likeness (QED) is 0.875. The molecule has 2 heterocycles. The molecule has 1 aliphatic rings. The summed E-state index contributed by atoms with van der Waals surface area (Å²) < 4.78 is 43.7. The number of rotatable bonds is 5. The van der Waals surface area contributed by atoms with Crippen molar-refractivity contribution in [1.82, 2.24) is 4.98 Å². The van der Waals surface area contributed by atoms with E-state index >= 15 is 0 Å². The molecule has 0 radical (unpaired) electrons. The molecule has 0 aliphatic carbocycles. The Bertz CT molecular complexity index is 445. The molecule has 1 saturated heterocycles. The van der Waals surface area contributed by atoms with Crippen molar-refractivity contribution in [2.75, 3.05) is 36.9 Å². The van der Waals surface area contributed by atoms with Crippen molar-refractivity contribution in [2.45, 2.75) is 19.5 Å². The zero-order chi connectivity index (χ0) is 14.6. The van der Waals surface area contributed by atoms with Gasteiger partial charge in [-0.3, -0.25) is 0 Å². The van der Waals surface area contributed by atoms with Crippen LogP contribution >= 0.6 is 0 Å². The van der Waals surface area contributed by atoms with Gasteiger partial charge in [0.1, 0.15) is 11.6 Å². The second kappa shape index (κ2) is 6.30. The Morgan fingerprint density at radius 3 is 2.55 bits per heavy atom. The van der Waals surface area contributed by atoms with Crippen molar-refractivity contribution in [1.29, 1.82) is 0 Å². The Kier molecular flexibility index (Phi) is 4.69. The van der Waals surface area contributed by atoms with Gasteiger partial charge in [0.2, 0.25) is 0 Å². The molecule has 1 unspecified atom stereocenters. The number of aromatic nitrogens is 1. The normalized spacial score (nSPS) is 19.1. The number of halogens is 3. The third-order valence-electron chi connectivity index (χ3n) is 3.11. The number of hydrogen-bond donors (Lipinski definition) is 2. The maximum atomic E-state index is 12.8. The second-order valence-electron chi connectivity index (χ2n) is 4.76. The van der Waals surface area contributed by atoms with Crippen LogP contribution in [-0.4, -0.2) is 31.3 Å². The maximum absolute atomic E-state index is 12.8. The predicted molar refractivity (Wildman–Crippen MR) is 70.8 cm³/mol. The molecule has 1 atom stereocenters. The minimum atomic E-state index is -4.37. The molecule has 0 amide bonds. The predicted octanol–water partition coefficient (Wildman–Crippen LogP) is 2.98. The lowest BCUT2D eigenvalue weighted by molar-refractivity contribution is -0.137.